The summed E-state index contributed by atoms with van der Waals surface area (Å²) in [5.74, 6) is -0.0348. The Morgan fingerprint density at radius 1 is 1.28 bits per heavy atom. The number of anilines is 1. The molecule has 11 heteroatoms. The number of piperidine rings is 1. The van der Waals surface area contributed by atoms with Gasteiger partial charge in [-0.25, -0.2) is 14.4 Å². The maximum Gasteiger partial charge on any atom is 0.246 e. The summed E-state index contributed by atoms with van der Waals surface area (Å²) in [5, 5.41) is 10.4. The number of amides is 1. The van der Waals surface area contributed by atoms with E-state index in [1.54, 1.807) is 29.7 Å². The van der Waals surface area contributed by atoms with Gasteiger partial charge in [0.1, 0.15) is 11.0 Å². The van der Waals surface area contributed by atoms with Gasteiger partial charge in [-0.15, -0.1) is 0 Å². The summed E-state index contributed by atoms with van der Waals surface area (Å²) in [5.41, 5.74) is 4.43. The Labute approximate surface area is 255 Å². The second kappa shape index (κ2) is 11.2. The third kappa shape index (κ3) is 4.81. The van der Waals surface area contributed by atoms with Crippen LogP contribution in [-0.2, 0) is 4.79 Å². The van der Waals surface area contributed by atoms with Crippen molar-refractivity contribution in [3.63, 3.8) is 0 Å². The van der Waals surface area contributed by atoms with Gasteiger partial charge in [-0.3, -0.25) is 9.78 Å². The van der Waals surface area contributed by atoms with Gasteiger partial charge in [0.2, 0.25) is 5.91 Å². The number of carbonyl (C=O) groups is 1. The number of imidazole rings is 1. The zero-order valence-electron chi connectivity index (χ0n) is 24.8. The van der Waals surface area contributed by atoms with Crippen LogP contribution in [0.3, 0.4) is 0 Å². The van der Waals surface area contributed by atoms with Gasteiger partial charge in [0.05, 0.1) is 29.4 Å². The first-order chi connectivity index (χ1) is 20.6. The lowest BCUT2D eigenvalue weighted by atomic mass is 9.94. The zero-order valence-corrected chi connectivity index (χ0v) is 25.6. The van der Waals surface area contributed by atoms with Gasteiger partial charge < -0.3 is 19.3 Å². The van der Waals surface area contributed by atoms with E-state index in [1.165, 1.54) is 6.08 Å². The van der Waals surface area contributed by atoms with Gasteiger partial charge in [-0.2, -0.15) is 5.26 Å². The second-order valence-corrected chi connectivity index (χ2v) is 12.2. The van der Waals surface area contributed by atoms with Crippen LogP contribution in [0.1, 0.15) is 36.4 Å². The molecule has 3 aromatic heterocycles. The highest BCUT2D eigenvalue weighted by atomic mass is 35.5. The molecule has 5 heterocycles. The molecular weight excluding hydrogens is 567 g/mol. The van der Waals surface area contributed by atoms with Gasteiger partial charge >= 0.3 is 0 Å². The molecule has 6 rings (SSSR count). The van der Waals surface area contributed by atoms with Crippen molar-refractivity contribution in [1.82, 2.24) is 29.3 Å². The summed E-state index contributed by atoms with van der Waals surface area (Å²) in [6.45, 7) is 9.49. The number of nitrogens with zero attached hydrogens (tertiary/aromatic N) is 8. The molecule has 9 nitrogen and oxygen atoms in total. The van der Waals surface area contributed by atoms with Crippen LogP contribution in [0.5, 0.6) is 0 Å². The molecule has 2 fully saturated rings. The van der Waals surface area contributed by atoms with Crippen molar-refractivity contribution in [3.8, 4) is 17.2 Å². The van der Waals surface area contributed by atoms with E-state index in [2.05, 4.69) is 32.0 Å². The normalized spacial score (nSPS) is 19.2. The number of benzene rings is 1. The molecule has 43 heavy (non-hydrogen) atoms. The SMILES string of the molecule is C=CC(=O)N1CC[C@H](n2cnc3c(N4CC(N(C)C)C4)nc4c(F)c(-c5cncc(C)c5C)c(Cl)cc4c32)C[C@H]1CC#N. The number of rotatable bonds is 6. The first-order valence-electron chi connectivity index (χ1n) is 14.5. The van der Waals surface area contributed by atoms with Crippen LogP contribution < -0.4 is 4.90 Å². The third-order valence-electron chi connectivity index (χ3n) is 9.17. The second-order valence-electron chi connectivity index (χ2n) is 11.8. The monoisotopic (exact) mass is 600 g/mol. The highest BCUT2D eigenvalue weighted by molar-refractivity contribution is 6.34. The number of likely N-dealkylation sites (tertiary alicyclic amines) is 1. The summed E-state index contributed by atoms with van der Waals surface area (Å²) < 4.78 is 18.8. The lowest BCUT2D eigenvalue weighted by Gasteiger charge is -2.43. The van der Waals surface area contributed by atoms with Gasteiger partial charge in [0.25, 0.3) is 0 Å². The van der Waals surface area contributed by atoms with Crippen LogP contribution in [0.4, 0.5) is 10.2 Å². The first kappa shape index (κ1) is 29.0. The van der Waals surface area contributed by atoms with Gasteiger partial charge in [0.15, 0.2) is 11.6 Å². The molecule has 2 aliphatic heterocycles. The molecule has 0 N–H and O–H groups in total. The lowest BCUT2D eigenvalue weighted by molar-refractivity contribution is -0.130. The number of aryl methyl sites for hydroxylation is 1. The Balaban J connectivity index is 1.55. The number of pyridine rings is 2. The van der Waals surface area contributed by atoms with E-state index < -0.39 is 5.82 Å². The molecule has 0 saturated carbocycles. The Morgan fingerprint density at radius 3 is 2.74 bits per heavy atom. The van der Waals surface area contributed by atoms with E-state index in [4.69, 9.17) is 21.6 Å². The minimum Gasteiger partial charge on any atom is -0.351 e. The number of fused-ring (bicyclic) bond motifs is 3. The van der Waals surface area contributed by atoms with Crippen LogP contribution >= 0.6 is 11.6 Å². The fourth-order valence-corrected chi connectivity index (χ4v) is 6.71. The lowest BCUT2D eigenvalue weighted by Crippen LogP contribution is -2.57. The van der Waals surface area contributed by atoms with Crippen molar-refractivity contribution in [2.24, 2.45) is 0 Å². The van der Waals surface area contributed by atoms with Crippen molar-refractivity contribution in [1.29, 1.82) is 5.26 Å². The van der Waals surface area contributed by atoms with Crippen LogP contribution in [0.2, 0.25) is 5.02 Å². The molecule has 0 unspecified atom stereocenters. The van der Waals surface area contributed by atoms with E-state index in [0.29, 0.717) is 47.7 Å². The van der Waals surface area contributed by atoms with E-state index in [0.717, 1.165) is 29.7 Å². The summed E-state index contributed by atoms with van der Waals surface area (Å²) >= 11 is 6.87. The van der Waals surface area contributed by atoms with Crippen molar-refractivity contribution in [3.05, 3.63) is 59.4 Å². The standard InChI is InChI=1S/C32H34ClFN8O/c1-6-26(43)41-10-8-21(11-20(41)7-9-35)42-17-37-30-31(42)23-12-25(33)27(24-14-36-13-18(2)19(24)3)28(34)29(23)38-32(30)40-15-22(16-40)39(4)5/h6,12-14,17,20-22H,1,7-8,10-11,15-16H2,2-5H3/t20-,21+/m1/s1. The van der Waals surface area contributed by atoms with Crippen LogP contribution in [0, 0.1) is 31.0 Å². The Hall–Kier alpha value is -4.07. The highest BCUT2D eigenvalue weighted by Crippen LogP contribution is 2.43. The number of carbonyl (C=O) groups excluding carboxylic acids is 1. The quantitative estimate of drug-likeness (QED) is 0.272. The number of nitriles is 1. The minimum atomic E-state index is -0.493. The van der Waals surface area contributed by atoms with Crippen molar-refractivity contribution < 1.29 is 9.18 Å². The van der Waals surface area contributed by atoms with Crippen LogP contribution in [0.25, 0.3) is 33.1 Å². The number of aromatic nitrogens is 4. The molecule has 4 aromatic rings. The van der Waals surface area contributed by atoms with E-state index in [-0.39, 0.29) is 40.5 Å². The minimum absolute atomic E-state index is 0.0636. The van der Waals surface area contributed by atoms with E-state index >= 15 is 4.39 Å². The predicted octanol–water partition coefficient (Wildman–Crippen LogP) is 5.44. The molecule has 1 amide bonds. The van der Waals surface area contributed by atoms with Crippen molar-refractivity contribution in [2.45, 2.75) is 51.2 Å². The zero-order chi connectivity index (χ0) is 30.6. The third-order valence-corrected chi connectivity index (χ3v) is 9.46. The van der Waals surface area contributed by atoms with Gasteiger partial charge in [-0.05, 0) is 64.1 Å². The average Bonchev–Trinajstić information content (AvgIpc) is 3.40. The molecular formula is C32H34ClFN8O. The van der Waals surface area contributed by atoms with E-state index in [1.807, 2.05) is 27.9 Å². The maximum absolute atomic E-state index is 16.7. The number of likely N-dealkylation sites (N-methyl/N-ethyl adjacent to an activating group) is 1. The summed E-state index contributed by atoms with van der Waals surface area (Å²) in [6, 6.07) is 4.05. The molecule has 2 aliphatic rings. The highest BCUT2D eigenvalue weighted by Gasteiger charge is 2.35. The molecule has 2 atom stereocenters. The molecule has 0 spiro atoms. The fraction of sp³-hybridized carbons (Fsp3) is 0.406. The number of halogens is 2. The van der Waals surface area contributed by atoms with Gasteiger partial charge in [-0.1, -0.05) is 18.2 Å². The van der Waals surface area contributed by atoms with Crippen molar-refractivity contribution >= 4 is 45.3 Å². The molecule has 2 saturated heterocycles. The Kier molecular flexibility index (Phi) is 7.57. The smallest absolute Gasteiger partial charge is 0.246 e. The summed E-state index contributed by atoms with van der Waals surface area (Å²) in [7, 11) is 4.10. The molecule has 1 aromatic carbocycles. The van der Waals surface area contributed by atoms with Crippen molar-refractivity contribution in [2.75, 3.05) is 38.6 Å². The fourth-order valence-electron chi connectivity index (χ4n) is 6.42. The largest absolute Gasteiger partial charge is 0.351 e. The first-order valence-corrected chi connectivity index (χ1v) is 14.8. The Morgan fingerprint density at radius 2 is 2.05 bits per heavy atom. The number of hydrogen-bond acceptors (Lipinski definition) is 7. The molecule has 0 bridgehead atoms. The topological polar surface area (TPSA) is 94.2 Å². The molecule has 222 valence electrons. The van der Waals surface area contributed by atoms with Crippen LogP contribution in [0.15, 0.2) is 37.4 Å². The Bertz CT molecular complexity index is 1810. The summed E-state index contributed by atoms with van der Waals surface area (Å²) in [4.78, 5) is 32.6. The number of hydrogen-bond donors (Lipinski definition) is 0. The maximum atomic E-state index is 16.7. The van der Waals surface area contributed by atoms with E-state index in [9.17, 15) is 10.1 Å². The van der Waals surface area contributed by atoms with Crippen LogP contribution in [-0.4, -0.2) is 81.0 Å². The average molecular weight is 601 g/mol. The predicted molar refractivity (Wildman–Crippen MR) is 167 cm³/mol. The molecule has 0 radical (unpaired) electrons. The van der Waals surface area contributed by atoms with Gasteiger partial charge in [0, 0.05) is 66.7 Å². The molecule has 0 aliphatic carbocycles. The summed E-state index contributed by atoms with van der Waals surface area (Å²) in [6.07, 6.45) is 7.91.